The average molecular weight is 283 g/mol. The highest BCUT2D eigenvalue weighted by Crippen LogP contribution is 2.28. The van der Waals surface area contributed by atoms with Crippen LogP contribution in [0.2, 0.25) is 0 Å². The maximum Gasteiger partial charge on any atom is -0.0412 e. The van der Waals surface area contributed by atoms with Crippen molar-refractivity contribution in [1.82, 2.24) is 0 Å². The lowest BCUT2D eigenvalue weighted by atomic mass is 9.84. The molecule has 0 aromatic heterocycles. The van der Waals surface area contributed by atoms with Crippen molar-refractivity contribution >= 4 is 0 Å². The molecule has 0 radical (unpaired) electrons. The molecule has 0 aliphatic heterocycles. The Labute approximate surface area is 130 Å². The minimum atomic E-state index is 0.920. The van der Waals surface area contributed by atoms with Crippen molar-refractivity contribution in [3.05, 3.63) is 0 Å². The van der Waals surface area contributed by atoms with E-state index in [0.717, 1.165) is 17.8 Å². The predicted octanol–water partition coefficient (Wildman–Crippen LogP) is 7.62. The molecule has 0 atom stereocenters. The van der Waals surface area contributed by atoms with Crippen LogP contribution in [0.4, 0.5) is 0 Å². The molecule has 0 amide bonds. The standard InChI is InChI=1S/C10H20.C10H22/c1-9(2)8-10-6-4-3-5-7-10;1-4-7-10(8-5-2)9-6-3/h9-10H,3-8H2,1-2H3;10H,4-9H2,1-3H3. The molecule has 0 nitrogen and oxygen atoms in total. The van der Waals surface area contributed by atoms with E-state index in [1.54, 1.807) is 0 Å². The minimum Gasteiger partial charge on any atom is -0.0654 e. The van der Waals surface area contributed by atoms with E-state index in [0.29, 0.717) is 0 Å². The molecule has 0 aromatic rings. The Hall–Kier alpha value is 0. The second kappa shape index (κ2) is 14.0. The summed E-state index contributed by atoms with van der Waals surface area (Å²) in [6.07, 6.45) is 17.4. The third-order valence-corrected chi connectivity index (χ3v) is 4.62. The van der Waals surface area contributed by atoms with Crippen molar-refractivity contribution in [2.24, 2.45) is 17.8 Å². The van der Waals surface area contributed by atoms with Crippen LogP contribution in [0.15, 0.2) is 0 Å². The van der Waals surface area contributed by atoms with Gasteiger partial charge in [0.25, 0.3) is 0 Å². The first kappa shape index (κ1) is 20.0. The van der Waals surface area contributed by atoms with Gasteiger partial charge in [0.1, 0.15) is 0 Å². The highest BCUT2D eigenvalue weighted by atomic mass is 14.2. The van der Waals surface area contributed by atoms with E-state index >= 15 is 0 Å². The molecule has 1 rings (SSSR count). The van der Waals surface area contributed by atoms with Gasteiger partial charge in [-0.1, -0.05) is 105 Å². The molecule has 122 valence electrons. The first-order chi connectivity index (χ1) is 9.63. The van der Waals surface area contributed by atoms with Crippen LogP contribution >= 0.6 is 0 Å². The molecule has 0 heteroatoms. The Morgan fingerprint density at radius 2 is 1.20 bits per heavy atom. The molecular formula is C20H42. The van der Waals surface area contributed by atoms with Crippen molar-refractivity contribution in [2.45, 2.75) is 112 Å². The van der Waals surface area contributed by atoms with Crippen LogP contribution in [0, 0.1) is 17.8 Å². The topological polar surface area (TPSA) is 0 Å². The summed E-state index contributed by atoms with van der Waals surface area (Å²) in [5.41, 5.74) is 0. The van der Waals surface area contributed by atoms with Crippen molar-refractivity contribution in [1.29, 1.82) is 0 Å². The number of hydrogen-bond donors (Lipinski definition) is 0. The maximum absolute atomic E-state index is 2.34. The molecule has 1 aliphatic carbocycles. The molecule has 0 N–H and O–H groups in total. The number of rotatable bonds is 8. The summed E-state index contributed by atoms with van der Waals surface area (Å²) in [5, 5.41) is 0. The Morgan fingerprint density at radius 3 is 1.55 bits per heavy atom. The SMILES string of the molecule is CC(C)CC1CCCCC1.CCCC(CCC)CCC. The predicted molar refractivity (Wildman–Crippen MR) is 94.2 cm³/mol. The van der Waals surface area contributed by atoms with E-state index in [1.807, 2.05) is 0 Å². The zero-order valence-electron chi connectivity index (χ0n) is 15.2. The van der Waals surface area contributed by atoms with E-state index in [-0.39, 0.29) is 0 Å². The van der Waals surface area contributed by atoms with Crippen LogP contribution in [-0.4, -0.2) is 0 Å². The van der Waals surface area contributed by atoms with Crippen LogP contribution < -0.4 is 0 Å². The maximum atomic E-state index is 2.34. The average Bonchev–Trinajstić information content (AvgIpc) is 2.41. The van der Waals surface area contributed by atoms with Gasteiger partial charge in [-0.25, -0.2) is 0 Å². The Bertz CT molecular complexity index is 159. The zero-order valence-corrected chi connectivity index (χ0v) is 15.2. The van der Waals surface area contributed by atoms with E-state index in [1.165, 1.54) is 77.0 Å². The van der Waals surface area contributed by atoms with Gasteiger partial charge in [-0.3, -0.25) is 0 Å². The smallest absolute Gasteiger partial charge is 0.0412 e. The monoisotopic (exact) mass is 282 g/mol. The summed E-state index contributed by atoms with van der Waals surface area (Å²) in [7, 11) is 0. The summed E-state index contributed by atoms with van der Waals surface area (Å²) in [6, 6.07) is 0. The van der Waals surface area contributed by atoms with Crippen molar-refractivity contribution < 1.29 is 0 Å². The van der Waals surface area contributed by atoms with Crippen molar-refractivity contribution in [3.63, 3.8) is 0 Å². The molecule has 0 heterocycles. The molecule has 0 bridgehead atoms. The summed E-state index contributed by atoms with van der Waals surface area (Å²) in [6.45, 7) is 11.6. The second-order valence-electron chi connectivity index (χ2n) is 7.37. The Kier molecular flexibility index (Phi) is 14.0. The fraction of sp³-hybridized carbons (Fsp3) is 1.00. The van der Waals surface area contributed by atoms with Gasteiger partial charge in [0.05, 0.1) is 0 Å². The molecule has 1 aliphatic rings. The molecule has 1 saturated carbocycles. The van der Waals surface area contributed by atoms with Gasteiger partial charge in [0.2, 0.25) is 0 Å². The van der Waals surface area contributed by atoms with E-state index in [4.69, 9.17) is 0 Å². The van der Waals surface area contributed by atoms with Gasteiger partial charge in [0.15, 0.2) is 0 Å². The summed E-state index contributed by atoms with van der Waals surface area (Å²) in [5.74, 6) is 3.02. The van der Waals surface area contributed by atoms with Crippen LogP contribution in [0.5, 0.6) is 0 Å². The number of hydrogen-bond acceptors (Lipinski definition) is 0. The largest absolute Gasteiger partial charge is 0.0654 e. The lowest BCUT2D eigenvalue weighted by Crippen LogP contribution is -2.08. The molecule has 0 spiro atoms. The van der Waals surface area contributed by atoms with Gasteiger partial charge in [-0.05, 0) is 24.2 Å². The molecule has 0 unspecified atom stereocenters. The molecule has 20 heavy (non-hydrogen) atoms. The first-order valence-corrected chi connectivity index (χ1v) is 9.63. The lowest BCUT2D eigenvalue weighted by Gasteiger charge is -2.22. The van der Waals surface area contributed by atoms with Crippen LogP contribution in [0.3, 0.4) is 0 Å². The van der Waals surface area contributed by atoms with E-state index in [2.05, 4.69) is 34.6 Å². The third kappa shape index (κ3) is 11.8. The van der Waals surface area contributed by atoms with E-state index < -0.39 is 0 Å². The Morgan fingerprint density at radius 1 is 0.750 bits per heavy atom. The fourth-order valence-corrected chi connectivity index (χ4v) is 3.75. The van der Waals surface area contributed by atoms with Crippen molar-refractivity contribution in [2.75, 3.05) is 0 Å². The lowest BCUT2D eigenvalue weighted by molar-refractivity contribution is 0.305. The molecule has 0 saturated heterocycles. The van der Waals surface area contributed by atoms with Crippen LogP contribution in [-0.2, 0) is 0 Å². The second-order valence-corrected chi connectivity index (χ2v) is 7.37. The molecule has 0 aromatic carbocycles. The summed E-state index contributed by atoms with van der Waals surface area (Å²) >= 11 is 0. The highest BCUT2D eigenvalue weighted by Gasteiger charge is 2.13. The highest BCUT2D eigenvalue weighted by molar-refractivity contribution is 4.66. The normalized spacial score (nSPS) is 16.4. The summed E-state index contributed by atoms with van der Waals surface area (Å²) in [4.78, 5) is 0. The van der Waals surface area contributed by atoms with Crippen molar-refractivity contribution in [3.8, 4) is 0 Å². The Balaban J connectivity index is 0.000000361. The van der Waals surface area contributed by atoms with Gasteiger partial charge in [-0.2, -0.15) is 0 Å². The molecular weight excluding hydrogens is 240 g/mol. The van der Waals surface area contributed by atoms with Crippen LogP contribution in [0.25, 0.3) is 0 Å². The van der Waals surface area contributed by atoms with Gasteiger partial charge in [-0.15, -0.1) is 0 Å². The van der Waals surface area contributed by atoms with E-state index in [9.17, 15) is 0 Å². The van der Waals surface area contributed by atoms with Crippen LogP contribution in [0.1, 0.15) is 112 Å². The van der Waals surface area contributed by atoms with Gasteiger partial charge < -0.3 is 0 Å². The third-order valence-electron chi connectivity index (χ3n) is 4.62. The fourth-order valence-electron chi connectivity index (χ4n) is 3.75. The van der Waals surface area contributed by atoms with Gasteiger partial charge in [0, 0.05) is 0 Å². The first-order valence-electron chi connectivity index (χ1n) is 9.63. The quantitative estimate of drug-likeness (QED) is 0.429. The summed E-state index contributed by atoms with van der Waals surface area (Å²) < 4.78 is 0. The van der Waals surface area contributed by atoms with Gasteiger partial charge >= 0.3 is 0 Å². The molecule has 1 fully saturated rings. The zero-order chi connectivity index (χ0) is 15.2. The minimum absolute atomic E-state index is 0.920.